The lowest BCUT2D eigenvalue weighted by molar-refractivity contribution is -0.121. The van der Waals surface area contributed by atoms with Gasteiger partial charge >= 0.3 is 0 Å². The van der Waals surface area contributed by atoms with Crippen LogP contribution in [0.5, 0.6) is 0 Å². The number of hydrogen-bond acceptors (Lipinski definition) is 3. The van der Waals surface area contributed by atoms with Crippen molar-refractivity contribution in [3.05, 3.63) is 30.7 Å². The molecule has 1 rings (SSSR count). The summed E-state index contributed by atoms with van der Waals surface area (Å²) in [7, 11) is 0. The zero-order valence-corrected chi connectivity index (χ0v) is 7.47. The number of nitrogens with two attached hydrogens (primary N) is 1. The molecule has 1 unspecified atom stereocenters. The van der Waals surface area contributed by atoms with Crippen LogP contribution in [-0.2, 0) is 4.79 Å². The van der Waals surface area contributed by atoms with Gasteiger partial charge < -0.3 is 5.73 Å². The van der Waals surface area contributed by atoms with Crippen molar-refractivity contribution in [2.24, 2.45) is 11.7 Å². The van der Waals surface area contributed by atoms with Gasteiger partial charge in [0.2, 0.25) is 5.91 Å². The normalized spacial score (nSPS) is 12.4. The van der Waals surface area contributed by atoms with Crippen molar-refractivity contribution in [3.8, 4) is 0 Å². The lowest BCUT2D eigenvalue weighted by Crippen LogP contribution is -2.20. The Morgan fingerprint density at radius 3 is 2.77 bits per heavy atom. The smallest absolute Gasteiger partial charge is 0.220 e. The van der Waals surface area contributed by atoms with Gasteiger partial charge in [0.25, 0.3) is 0 Å². The average molecular weight is 178 g/mol. The van der Waals surface area contributed by atoms with Gasteiger partial charge in [-0.3, -0.25) is 4.79 Å². The van der Waals surface area contributed by atoms with Crippen molar-refractivity contribution in [1.29, 1.82) is 0 Å². The third-order valence-electron chi connectivity index (χ3n) is 1.73. The molecule has 0 fully saturated rings. The minimum atomic E-state index is -0.299. The zero-order valence-electron chi connectivity index (χ0n) is 7.47. The van der Waals surface area contributed by atoms with Crippen molar-refractivity contribution in [3.63, 3.8) is 0 Å². The highest BCUT2D eigenvalue weighted by Gasteiger charge is 2.09. The number of aromatic nitrogens is 2. The predicted octanol–water partition coefficient (Wildman–Crippen LogP) is 0.540. The summed E-state index contributed by atoms with van der Waals surface area (Å²) in [5, 5.41) is 0. The summed E-state index contributed by atoms with van der Waals surface area (Å²) in [4.78, 5) is 18.7. The van der Waals surface area contributed by atoms with E-state index >= 15 is 0 Å². The number of nitrogens with zero attached hydrogens (tertiary/aromatic N) is 2. The molecule has 0 saturated heterocycles. The lowest BCUT2D eigenvalue weighted by atomic mass is 10.1. The molecule has 2 N–H and O–H groups in total. The number of hydrogen-bond donors (Lipinski definition) is 1. The Morgan fingerprint density at radius 2 is 2.23 bits per heavy atom. The number of carbonyl (C=O) groups is 1. The molecule has 0 aliphatic heterocycles. The summed E-state index contributed by atoms with van der Waals surface area (Å²) >= 11 is 0. The number of primary amides is 1. The van der Waals surface area contributed by atoms with E-state index in [0.717, 1.165) is 0 Å². The summed E-state index contributed by atoms with van der Waals surface area (Å²) in [6.07, 6.45) is 5.70. The van der Waals surface area contributed by atoms with Crippen molar-refractivity contribution in [1.82, 2.24) is 9.97 Å². The van der Waals surface area contributed by atoms with Gasteiger partial charge in [-0.1, -0.05) is 6.92 Å². The molecule has 0 aliphatic rings. The van der Waals surface area contributed by atoms with Crippen molar-refractivity contribution in [2.45, 2.75) is 13.3 Å². The van der Waals surface area contributed by atoms with Gasteiger partial charge in [-0.2, -0.15) is 0 Å². The fourth-order valence-electron chi connectivity index (χ4n) is 0.814. The molecule has 1 heterocycles. The number of rotatable bonds is 4. The summed E-state index contributed by atoms with van der Waals surface area (Å²) in [5.41, 5.74) is 5.10. The first kappa shape index (κ1) is 9.64. The van der Waals surface area contributed by atoms with Crippen LogP contribution >= 0.6 is 0 Å². The predicted molar refractivity (Wildman–Crippen MR) is 48.4 cm³/mol. The molecule has 0 aromatic carbocycles. The first-order valence-corrected chi connectivity index (χ1v) is 4.09. The SMILES string of the molecule is CC(C[CH]c1ncccn1)C(N)=O. The van der Waals surface area contributed by atoms with Crippen molar-refractivity contribution < 1.29 is 4.79 Å². The second-order valence-electron chi connectivity index (χ2n) is 2.85. The largest absolute Gasteiger partial charge is 0.369 e. The van der Waals surface area contributed by atoms with E-state index in [2.05, 4.69) is 9.97 Å². The summed E-state index contributed by atoms with van der Waals surface area (Å²) < 4.78 is 0. The van der Waals surface area contributed by atoms with Gasteiger partial charge in [-0.25, -0.2) is 9.97 Å². The maximum atomic E-state index is 10.7. The van der Waals surface area contributed by atoms with Gasteiger partial charge in [0, 0.05) is 24.7 Å². The van der Waals surface area contributed by atoms with E-state index in [-0.39, 0.29) is 11.8 Å². The van der Waals surface area contributed by atoms with Crippen LogP contribution in [-0.4, -0.2) is 15.9 Å². The van der Waals surface area contributed by atoms with E-state index in [1.807, 2.05) is 0 Å². The summed E-state index contributed by atoms with van der Waals surface area (Å²) in [6, 6.07) is 1.74. The van der Waals surface area contributed by atoms with Gasteiger partial charge in [0.15, 0.2) is 0 Å². The van der Waals surface area contributed by atoms with E-state index in [0.29, 0.717) is 12.2 Å². The Kier molecular flexibility index (Phi) is 3.37. The Labute approximate surface area is 77.2 Å². The highest BCUT2D eigenvalue weighted by atomic mass is 16.1. The maximum Gasteiger partial charge on any atom is 0.220 e. The lowest BCUT2D eigenvalue weighted by Gasteiger charge is -2.04. The Bertz CT molecular complexity index is 273. The van der Waals surface area contributed by atoms with E-state index < -0.39 is 0 Å². The summed E-state index contributed by atoms with van der Waals surface area (Å²) in [6.45, 7) is 1.78. The maximum absolute atomic E-state index is 10.7. The van der Waals surface area contributed by atoms with Crippen molar-refractivity contribution in [2.75, 3.05) is 0 Å². The number of amides is 1. The fourth-order valence-corrected chi connectivity index (χ4v) is 0.814. The Balaban J connectivity index is 2.39. The Hall–Kier alpha value is -1.45. The average Bonchev–Trinajstić information content (AvgIpc) is 2.15. The zero-order chi connectivity index (χ0) is 9.68. The molecule has 4 heteroatoms. The topological polar surface area (TPSA) is 68.9 Å². The van der Waals surface area contributed by atoms with Crippen LogP contribution in [0, 0.1) is 12.3 Å². The van der Waals surface area contributed by atoms with Gasteiger partial charge in [0.05, 0.1) is 0 Å². The second-order valence-corrected chi connectivity index (χ2v) is 2.85. The van der Waals surface area contributed by atoms with Gasteiger partial charge in [-0.05, 0) is 12.5 Å². The minimum absolute atomic E-state index is 0.163. The van der Waals surface area contributed by atoms with Crippen LogP contribution in [0.2, 0.25) is 0 Å². The molecule has 0 aliphatic carbocycles. The molecule has 1 aromatic rings. The van der Waals surface area contributed by atoms with Gasteiger partial charge in [-0.15, -0.1) is 0 Å². The molecule has 0 spiro atoms. The quantitative estimate of drug-likeness (QED) is 0.731. The van der Waals surface area contributed by atoms with Crippen LogP contribution in [0.25, 0.3) is 0 Å². The van der Waals surface area contributed by atoms with Gasteiger partial charge in [0.1, 0.15) is 5.82 Å². The molecule has 1 amide bonds. The Morgan fingerprint density at radius 1 is 1.62 bits per heavy atom. The summed E-state index contributed by atoms with van der Waals surface area (Å²) in [5.74, 6) is 0.173. The third-order valence-corrected chi connectivity index (χ3v) is 1.73. The first-order valence-electron chi connectivity index (χ1n) is 4.09. The van der Waals surface area contributed by atoms with Crippen LogP contribution in [0.3, 0.4) is 0 Å². The van der Waals surface area contributed by atoms with E-state index in [9.17, 15) is 4.79 Å². The molecule has 0 bridgehead atoms. The number of carbonyl (C=O) groups excluding carboxylic acids is 1. The highest BCUT2D eigenvalue weighted by Crippen LogP contribution is 2.06. The van der Waals surface area contributed by atoms with Crippen LogP contribution < -0.4 is 5.73 Å². The monoisotopic (exact) mass is 178 g/mol. The first-order chi connectivity index (χ1) is 6.20. The minimum Gasteiger partial charge on any atom is -0.369 e. The molecule has 69 valence electrons. The van der Waals surface area contributed by atoms with Crippen LogP contribution in [0.1, 0.15) is 19.2 Å². The molecule has 4 nitrogen and oxygen atoms in total. The molecular weight excluding hydrogens is 166 g/mol. The standard InChI is InChI=1S/C9H12N3O/c1-7(9(10)13)3-4-8-11-5-2-6-12-8/h2,4-7H,3H2,1H3,(H2,10,13). The van der Waals surface area contributed by atoms with Crippen molar-refractivity contribution >= 4 is 5.91 Å². The molecule has 13 heavy (non-hydrogen) atoms. The van der Waals surface area contributed by atoms with E-state index in [1.165, 1.54) is 0 Å². The molecule has 1 radical (unpaired) electrons. The second kappa shape index (κ2) is 4.54. The molecule has 1 atom stereocenters. The molecule has 1 aromatic heterocycles. The van der Waals surface area contributed by atoms with E-state index in [4.69, 9.17) is 5.73 Å². The van der Waals surface area contributed by atoms with Crippen LogP contribution in [0.4, 0.5) is 0 Å². The molecule has 0 saturated carbocycles. The fraction of sp³-hybridized carbons (Fsp3) is 0.333. The molecular formula is C9H12N3O. The van der Waals surface area contributed by atoms with Crippen LogP contribution in [0.15, 0.2) is 18.5 Å². The third kappa shape index (κ3) is 3.19. The van der Waals surface area contributed by atoms with E-state index in [1.54, 1.807) is 31.8 Å². The highest BCUT2D eigenvalue weighted by molar-refractivity contribution is 5.76.